The maximum atomic E-state index is 13.1. The van der Waals surface area contributed by atoms with Crippen molar-refractivity contribution >= 4 is 5.69 Å². The fourth-order valence-electron chi connectivity index (χ4n) is 2.14. The Balaban J connectivity index is 2.10. The molecule has 25 heavy (non-hydrogen) atoms. The lowest BCUT2D eigenvalue weighted by atomic mass is 10.1. The Morgan fingerprint density at radius 1 is 1.08 bits per heavy atom. The molecule has 2 aromatic heterocycles. The van der Waals surface area contributed by atoms with Gasteiger partial charge >= 0.3 is 6.18 Å². The van der Waals surface area contributed by atoms with Crippen LogP contribution in [0.3, 0.4) is 0 Å². The van der Waals surface area contributed by atoms with Crippen molar-refractivity contribution in [3.63, 3.8) is 0 Å². The SMILES string of the molecule is O=[N+]([O-])c1cccc(-c2ncnc(-c3cnccc3C(F)(F)F)n2)c1. The van der Waals surface area contributed by atoms with Gasteiger partial charge in [0.15, 0.2) is 11.6 Å². The molecule has 2 heterocycles. The van der Waals surface area contributed by atoms with Crippen LogP contribution in [-0.4, -0.2) is 24.9 Å². The molecule has 0 saturated heterocycles. The summed E-state index contributed by atoms with van der Waals surface area (Å²) in [4.78, 5) is 25.6. The number of halogens is 3. The van der Waals surface area contributed by atoms with Crippen LogP contribution < -0.4 is 0 Å². The summed E-state index contributed by atoms with van der Waals surface area (Å²) < 4.78 is 39.4. The summed E-state index contributed by atoms with van der Waals surface area (Å²) in [5.74, 6) is -0.206. The predicted molar refractivity (Wildman–Crippen MR) is 80.2 cm³/mol. The molecule has 0 aliphatic heterocycles. The van der Waals surface area contributed by atoms with E-state index in [2.05, 4.69) is 19.9 Å². The lowest BCUT2D eigenvalue weighted by Crippen LogP contribution is -2.09. The molecule has 10 heteroatoms. The Morgan fingerprint density at radius 2 is 1.84 bits per heavy atom. The standard InChI is InChI=1S/C15H8F3N5O2/c16-15(17,18)12-4-5-19-7-11(12)14-21-8-20-13(22-14)9-2-1-3-10(6-9)23(24)25/h1-8H. The molecule has 0 fully saturated rings. The van der Waals surface area contributed by atoms with Crippen LogP contribution in [0.1, 0.15) is 5.56 Å². The van der Waals surface area contributed by atoms with Gasteiger partial charge in [-0.15, -0.1) is 0 Å². The minimum Gasteiger partial charge on any atom is -0.264 e. The Labute approximate surface area is 138 Å². The van der Waals surface area contributed by atoms with Crippen LogP contribution in [0.25, 0.3) is 22.8 Å². The maximum absolute atomic E-state index is 13.1. The zero-order valence-electron chi connectivity index (χ0n) is 12.3. The molecular formula is C15H8F3N5O2. The number of aromatic nitrogens is 4. The molecular weight excluding hydrogens is 339 g/mol. The lowest BCUT2D eigenvalue weighted by molar-refractivity contribution is -0.384. The van der Waals surface area contributed by atoms with Gasteiger partial charge in [0.25, 0.3) is 5.69 Å². The van der Waals surface area contributed by atoms with E-state index in [1.165, 1.54) is 24.3 Å². The molecule has 0 bridgehead atoms. The zero-order valence-corrected chi connectivity index (χ0v) is 12.3. The van der Waals surface area contributed by atoms with Crippen molar-refractivity contribution < 1.29 is 18.1 Å². The van der Waals surface area contributed by atoms with Crippen molar-refractivity contribution in [1.82, 2.24) is 19.9 Å². The normalized spacial score (nSPS) is 11.3. The van der Waals surface area contributed by atoms with E-state index in [0.29, 0.717) is 0 Å². The first-order valence-electron chi connectivity index (χ1n) is 6.81. The Morgan fingerprint density at radius 3 is 2.56 bits per heavy atom. The molecule has 1 aromatic carbocycles. The van der Waals surface area contributed by atoms with Gasteiger partial charge in [-0.3, -0.25) is 15.1 Å². The first kappa shape index (κ1) is 16.4. The third kappa shape index (κ3) is 3.42. The second kappa shape index (κ2) is 6.23. The van der Waals surface area contributed by atoms with Crippen molar-refractivity contribution in [2.45, 2.75) is 6.18 Å². The fourth-order valence-corrected chi connectivity index (χ4v) is 2.14. The van der Waals surface area contributed by atoms with E-state index < -0.39 is 16.7 Å². The number of benzene rings is 1. The number of alkyl halides is 3. The summed E-state index contributed by atoms with van der Waals surface area (Å²) in [5, 5.41) is 10.8. The smallest absolute Gasteiger partial charge is 0.264 e. The molecule has 3 rings (SSSR count). The van der Waals surface area contributed by atoms with Crippen LogP contribution in [0, 0.1) is 10.1 Å². The topological polar surface area (TPSA) is 94.7 Å². The molecule has 0 aliphatic rings. The summed E-state index contributed by atoms with van der Waals surface area (Å²) in [6.07, 6.45) is -1.52. The van der Waals surface area contributed by atoms with E-state index in [-0.39, 0.29) is 28.5 Å². The highest BCUT2D eigenvalue weighted by atomic mass is 19.4. The first-order chi connectivity index (χ1) is 11.9. The quantitative estimate of drug-likeness (QED) is 0.531. The largest absolute Gasteiger partial charge is 0.417 e. The van der Waals surface area contributed by atoms with Crippen molar-refractivity contribution in [2.75, 3.05) is 0 Å². The Hall–Kier alpha value is -3.43. The van der Waals surface area contributed by atoms with Crippen molar-refractivity contribution in [3.05, 3.63) is 64.7 Å². The second-order valence-electron chi connectivity index (χ2n) is 4.86. The zero-order chi connectivity index (χ0) is 18.0. The highest BCUT2D eigenvalue weighted by Crippen LogP contribution is 2.35. The van der Waals surface area contributed by atoms with Gasteiger partial charge in [0, 0.05) is 35.7 Å². The molecule has 0 amide bonds. The van der Waals surface area contributed by atoms with Gasteiger partial charge < -0.3 is 0 Å². The number of rotatable bonds is 3. The average molecular weight is 347 g/mol. The molecule has 0 saturated carbocycles. The minimum atomic E-state index is -4.60. The van der Waals surface area contributed by atoms with E-state index in [1.54, 1.807) is 0 Å². The van der Waals surface area contributed by atoms with Crippen LogP contribution in [-0.2, 0) is 6.18 Å². The van der Waals surface area contributed by atoms with Crippen molar-refractivity contribution in [2.24, 2.45) is 0 Å². The second-order valence-corrected chi connectivity index (χ2v) is 4.86. The molecule has 0 spiro atoms. The number of nitro benzene ring substituents is 1. The number of hydrogen-bond acceptors (Lipinski definition) is 6. The Kier molecular flexibility index (Phi) is 4.09. The summed E-state index contributed by atoms with van der Waals surface area (Å²) in [5.41, 5.74) is -1.13. The minimum absolute atomic E-state index is 0.0191. The van der Waals surface area contributed by atoms with Crippen LogP contribution in [0.15, 0.2) is 49.1 Å². The molecule has 3 aromatic rings. The highest BCUT2D eigenvalue weighted by molar-refractivity contribution is 5.64. The third-order valence-electron chi connectivity index (χ3n) is 3.25. The summed E-state index contributed by atoms with van der Waals surface area (Å²) >= 11 is 0. The van der Waals surface area contributed by atoms with Gasteiger partial charge in [-0.05, 0) is 6.07 Å². The number of nitro groups is 1. The van der Waals surface area contributed by atoms with Crippen LogP contribution in [0.5, 0.6) is 0 Å². The number of pyridine rings is 1. The van der Waals surface area contributed by atoms with Gasteiger partial charge in [0.05, 0.1) is 10.5 Å². The molecule has 0 radical (unpaired) electrons. The lowest BCUT2D eigenvalue weighted by Gasteiger charge is -2.11. The average Bonchev–Trinajstić information content (AvgIpc) is 2.61. The van der Waals surface area contributed by atoms with Crippen molar-refractivity contribution in [1.29, 1.82) is 0 Å². The molecule has 126 valence electrons. The number of nitrogens with zero attached hydrogens (tertiary/aromatic N) is 5. The van der Waals surface area contributed by atoms with Crippen LogP contribution in [0.2, 0.25) is 0 Å². The van der Waals surface area contributed by atoms with Gasteiger partial charge in [-0.25, -0.2) is 15.0 Å². The van der Waals surface area contributed by atoms with E-state index in [1.807, 2.05) is 0 Å². The van der Waals surface area contributed by atoms with Crippen LogP contribution in [0.4, 0.5) is 18.9 Å². The number of non-ortho nitro benzene ring substituents is 1. The molecule has 7 nitrogen and oxygen atoms in total. The molecule has 0 N–H and O–H groups in total. The third-order valence-corrected chi connectivity index (χ3v) is 3.25. The fraction of sp³-hybridized carbons (Fsp3) is 0.0667. The predicted octanol–water partition coefficient (Wildman–Crippen LogP) is 3.53. The molecule has 0 unspecified atom stereocenters. The maximum Gasteiger partial charge on any atom is 0.417 e. The number of hydrogen-bond donors (Lipinski definition) is 0. The van der Waals surface area contributed by atoms with E-state index in [9.17, 15) is 23.3 Å². The molecule has 0 aliphatic carbocycles. The van der Waals surface area contributed by atoms with Gasteiger partial charge in [0.1, 0.15) is 6.33 Å². The molecule has 0 atom stereocenters. The van der Waals surface area contributed by atoms with E-state index in [4.69, 9.17) is 0 Å². The van der Waals surface area contributed by atoms with Crippen molar-refractivity contribution in [3.8, 4) is 22.8 Å². The van der Waals surface area contributed by atoms with Gasteiger partial charge in [-0.1, -0.05) is 12.1 Å². The highest BCUT2D eigenvalue weighted by Gasteiger charge is 2.34. The van der Waals surface area contributed by atoms with Crippen LogP contribution >= 0.6 is 0 Å². The van der Waals surface area contributed by atoms with Gasteiger partial charge in [-0.2, -0.15) is 13.2 Å². The summed E-state index contributed by atoms with van der Waals surface area (Å²) in [6, 6.07) is 6.29. The van der Waals surface area contributed by atoms with E-state index >= 15 is 0 Å². The first-order valence-corrected chi connectivity index (χ1v) is 6.81. The monoisotopic (exact) mass is 347 g/mol. The summed E-state index contributed by atoms with van der Waals surface area (Å²) in [7, 11) is 0. The summed E-state index contributed by atoms with van der Waals surface area (Å²) in [6.45, 7) is 0. The Bertz CT molecular complexity index is 946. The van der Waals surface area contributed by atoms with E-state index in [0.717, 1.165) is 24.8 Å². The van der Waals surface area contributed by atoms with Gasteiger partial charge in [0.2, 0.25) is 0 Å².